The summed E-state index contributed by atoms with van der Waals surface area (Å²) < 4.78 is 11.8. The Kier molecular flexibility index (Phi) is 6.22. The highest BCUT2D eigenvalue weighted by Crippen LogP contribution is 2.43. The van der Waals surface area contributed by atoms with Crippen molar-refractivity contribution in [3.63, 3.8) is 0 Å². The summed E-state index contributed by atoms with van der Waals surface area (Å²) in [6.45, 7) is 2.75. The first-order valence-electron chi connectivity index (χ1n) is 9.18. The molecule has 5 nitrogen and oxygen atoms in total. The number of aryl methyl sites for hydroxylation is 1. The van der Waals surface area contributed by atoms with E-state index in [0.717, 1.165) is 51.6 Å². The molecule has 0 aromatic carbocycles. The average Bonchev–Trinajstić information content (AvgIpc) is 2.99. The van der Waals surface area contributed by atoms with Crippen LogP contribution in [0.4, 0.5) is 0 Å². The van der Waals surface area contributed by atoms with Crippen molar-refractivity contribution < 1.29 is 14.6 Å². The van der Waals surface area contributed by atoms with Crippen LogP contribution >= 0.6 is 0 Å². The third-order valence-electron chi connectivity index (χ3n) is 5.73. The number of pyridine rings is 1. The van der Waals surface area contributed by atoms with Crippen molar-refractivity contribution in [2.45, 2.75) is 56.3 Å². The van der Waals surface area contributed by atoms with Gasteiger partial charge in [0.05, 0.1) is 24.9 Å². The lowest BCUT2D eigenvalue weighted by Crippen LogP contribution is -2.52. The number of fused-ring (bicyclic) bond motifs is 1. The summed E-state index contributed by atoms with van der Waals surface area (Å²) in [7, 11) is 1.86. The lowest BCUT2D eigenvalue weighted by atomic mass is 9.79. The highest BCUT2D eigenvalue weighted by molar-refractivity contribution is 5.09. The molecular weight excluding hydrogens is 304 g/mol. The van der Waals surface area contributed by atoms with E-state index in [1.807, 2.05) is 25.6 Å². The van der Waals surface area contributed by atoms with Crippen LogP contribution in [0.25, 0.3) is 0 Å². The van der Waals surface area contributed by atoms with Gasteiger partial charge in [0.1, 0.15) is 0 Å². The van der Waals surface area contributed by atoms with Crippen LogP contribution in [0.15, 0.2) is 24.5 Å². The largest absolute Gasteiger partial charge is 0.394 e. The molecular formula is C19H30N2O3. The Bertz CT molecular complexity index is 499. The molecule has 3 rings (SSSR count). The first-order valence-corrected chi connectivity index (χ1v) is 9.18. The van der Waals surface area contributed by atoms with E-state index in [1.165, 1.54) is 5.56 Å². The van der Waals surface area contributed by atoms with Gasteiger partial charge in [0.15, 0.2) is 0 Å². The number of aliphatic hydroxyl groups is 1. The van der Waals surface area contributed by atoms with Crippen molar-refractivity contribution in [2.75, 3.05) is 33.4 Å². The molecule has 1 aliphatic carbocycles. The number of hydrogen-bond donors (Lipinski definition) is 1. The molecule has 1 N–H and O–H groups in total. The summed E-state index contributed by atoms with van der Waals surface area (Å²) in [6.07, 6.45) is 10.5. The van der Waals surface area contributed by atoms with Crippen molar-refractivity contribution in [3.05, 3.63) is 30.1 Å². The summed E-state index contributed by atoms with van der Waals surface area (Å²) in [5.74, 6) is 0. The normalized spacial score (nSPS) is 30.4. The topological polar surface area (TPSA) is 54.8 Å². The predicted molar refractivity (Wildman–Crippen MR) is 93.0 cm³/mol. The highest BCUT2D eigenvalue weighted by atomic mass is 16.5. The van der Waals surface area contributed by atoms with Crippen LogP contribution < -0.4 is 0 Å². The fourth-order valence-electron chi connectivity index (χ4n) is 4.43. The van der Waals surface area contributed by atoms with Crippen LogP contribution in [0.5, 0.6) is 0 Å². The van der Waals surface area contributed by atoms with E-state index in [1.54, 1.807) is 0 Å². The third kappa shape index (κ3) is 3.97. The fraction of sp³-hybridized carbons (Fsp3) is 0.737. The number of ether oxygens (including phenoxy) is 2. The fourth-order valence-corrected chi connectivity index (χ4v) is 4.43. The van der Waals surface area contributed by atoms with Crippen molar-refractivity contribution in [1.29, 1.82) is 0 Å². The maximum Gasteiger partial charge on any atom is 0.0847 e. The molecule has 1 aromatic heterocycles. The van der Waals surface area contributed by atoms with Crippen molar-refractivity contribution in [1.82, 2.24) is 9.88 Å². The van der Waals surface area contributed by atoms with Gasteiger partial charge in [-0.2, -0.15) is 0 Å². The van der Waals surface area contributed by atoms with Crippen molar-refractivity contribution >= 4 is 0 Å². The molecule has 3 atom stereocenters. The second-order valence-electron chi connectivity index (χ2n) is 7.03. The van der Waals surface area contributed by atoms with E-state index >= 15 is 0 Å². The van der Waals surface area contributed by atoms with E-state index < -0.39 is 0 Å². The van der Waals surface area contributed by atoms with Crippen LogP contribution in [0.1, 0.15) is 37.7 Å². The monoisotopic (exact) mass is 334 g/mol. The zero-order chi connectivity index (χ0) is 16.8. The molecule has 2 heterocycles. The molecule has 24 heavy (non-hydrogen) atoms. The number of rotatable bonds is 8. The van der Waals surface area contributed by atoms with Crippen molar-refractivity contribution in [3.8, 4) is 0 Å². The van der Waals surface area contributed by atoms with Gasteiger partial charge >= 0.3 is 0 Å². The number of nitrogens with zero attached hydrogens (tertiary/aromatic N) is 2. The van der Waals surface area contributed by atoms with Gasteiger partial charge in [-0.25, -0.2) is 0 Å². The van der Waals surface area contributed by atoms with Gasteiger partial charge in [0.2, 0.25) is 0 Å². The lowest BCUT2D eigenvalue weighted by Gasteiger charge is -2.43. The summed E-state index contributed by atoms with van der Waals surface area (Å²) >= 11 is 0. The SMILES string of the molecule is CO[C@@]12CC[C@H](OCCO)C[C@@H]1N(CCCc1cccnc1)CC2. The Morgan fingerprint density at radius 3 is 3.08 bits per heavy atom. The molecule has 1 saturated heterocycles. The molecule has 0 amide bonds. The smallest absolute Gasteiger partial charge is 0.0847 e. The van der Waals surface area contributed by atoms with E-state index in [4.69, 9.17) is 14.6 Å². The highest BCUT2D eigenvalue weighted by Gasteiger charge is 2.50. The van der Waals surface area contributed by atoms with Gasteiger partial charge in [-0.3, -0.25) is 9.88 Å². The van der Waals surface area contributed by atoms with Gasteiger partial charge in [0, 0.05) is 32.1 Å². The minimum absolute atomic E-state index is 0.00732. The Morgan fingerprint density at radius 2 is 2.33 bits per heavy atom. The molecule has 0 bridgehead atoms. The molecule has 2 fully saturated rings. The van der Waals surface area contributed by atoms with E-state index in [9.17, 15) is 0 Å². The maximum atomic E-state index is 8.99. The quantitative estimate of drug-likeness (QED) is 0.788. The Balaban J connectivity index is 1.55. The molecule has 2 aliphatic rings. The minimum atomic E-state index is 0.00732. The predicted octanol–water partition coefficient (Wildman–Crippen LogP) is 2.04. The molecule has 0 unspecified atom stereocenters. The molecule has 5 heteroatoms. The van der Waals surface area contributed by atoms with Gasteiger partial charge in [-0.05, 0) is 56.7 Å². The van der Waals surface area contributed by atoms with Crippen LogP contribution in [-0.4, -0.2) is 66.2 Å². The minimum Gasteiger partial charge on any atom is -0.394 e. The Labute approximate surface area is 145 Å². The second kappa shape index (κ2) is 8.39. The van der Waals surface area contributed by atoms with Crippen LogP contribution in [0.2, 0.25) is 0 Å². The molecule has 1 aromatic rings. The van der Waals surface area contributed by atoms with Gasteiger partial charge in [-0.15, -0.1) is 0 Å². The number of likely N-dealkylation sites (tertiary alicyclic amines) is 1. The first-order chi connectivity index (χ1) is 11.8. The molecule has 0 spiro atoms. The number of aliphatic hydroxyl groups excluding tert-OH is 1. The zero-order valence-electron chi connectivity index (χ0n) is 14.7. The second-order valence-corrected chi connectivity index (χ2v) is 7.03. The van der Waals surface area contributed by atoms with Crippen LogP contribution in [-0.2, 0) is 15.9 Å². The standard InChI is InChI=1S/C19H30N2O3/c1-23-19-7-6-17(24-13-12-22)14-18(19)21(11-8-19)10-3-5-16-4-2-9-20-15-16/h2,4,9,15,17-18,22H,3,5-8,10-14H2,1H3/t17-,18-,19+/m0/s1. The summed E-state index contributed by atoms with van der Waals surface area (Å²) in [4.78, 5) is 6.78. The molecule has 0 radical (unpaired) electrons. The summed E-state index contributed by atoms with van der Waals surface area (Å²) in [5, 5.41) is 8.99. The number of hydrogen-bond acceptors (Lipinski definition) is 5. The maximum absolute atomic E-state index is 8.99. The third-order valence-corrected chi connectivity index (χ3v) is 5.73. The van der Waals surface area contributed by atoms with Gasteiger partial charge in [0.25, 0.3) is 0 Å². The summed E-state index contributed by atoms with van der Waals surface area (Å²) in [5.41, 5.74) is 1.32. The van der Waals surface area contributed by atoms with Gasteiger partial charge < -0.3 is 14.6 Å². The zero-order valence-corrected chi connectivity index (χ0v) is 14.7. The lowest BCUT2D eigenvalue weighted by molar-refractivity contribution is -0.103. The molecule has 1 aliphatic heterocycles. The van der Waals surface area contributed by atoms with Crippen LogP contribution in [0, 0.1) is 0 Å². The molecule has 134 valence electrons. The van der Waals surface area contributed by atoms with E-state index in [0.29, 0.717) is 12.6 Å². The van der Waals surface area contributed by atoms with E-state index in [-0.39, 0.29) is 18.3 Å². The first kappa shape index (κ1) is 17.8. The van der Waals surface area contributed by atoms with Gasteiger partial charge in [-0.1, -0.05) is 6.07 Å². The number of aromatic nitrogens is 1. The Hall–Kier alpha value is -1.01. The van der Waals surface area contributed by atoms with E-state index in [2.05, 4.69) is 16.0 Å². The molecule has 1 saturated carbocycles. The van der Waals surface area contributed by atoms with Crippen LogP contribution in [0.3, 0.4) is 0 Å². The van der Waals surface area contributed by atoms with Crippen molar-refractivity contribution in [2.24, 2.45) is 0 Å². The Morgan fingerprint density at radius 1 is 1.42 bits per heavy atom. The summed E-state index contributed by atoms with van der Waals surface area (Å²) in [6, 6.07) is 4.59. The number of methoxy groups -OCH3 is 1. The average molecular weight is 334 g/mol.